The van der Waals surface area contributed by atoms with E-state index in [2.05, 4.69) is 10.0 Å². The second-order valence-electron chi connectivity index (χ2n) is 4.19. The molecule has 0 radical (unpaired) electrons. The third-order valence-electron chi connectivity index (χ3n) is 2.50. The van der Waals surface area contributed by atoms with Gasteiger partial charge in [0.15, 0.2) is 0 Å². The van der Waals surface area contributed by atoms with Gasteiger partial charge in [-0.1, -0.05) is 0 Å². The Morgan fingerprint density at radius 2 is 1.95 bits per heavy atom. The second kappa shape index (κ2) is 7.51. The van der Waals surface area contributed by atoms with Gasteiger partial charge < -0.3 is 11.1 Å². The third kappa shape index (κ3) is 5.81. The summed E-state index contributed by atoms with van der Waals surface area (Å²) in [6.07, 6.45) is 0. The Labute approximate surface area is 123 Å². The summed E-state index contributed by atoms with van der Waals surface area (Å²) >= 11 is 1.42. The molecule has 0 heterocycles. The molecular formula is C12H19N3O3S2. The molecule has 0 saturated heterocycles. The van der Waals surface area contributed by atoms with Crippen molar-refractivity contribution >= 4 is 33.4 Å². The molecule has 112 valence electrons. The highest BCUT2D eigenvalue weighted by atomic mass is 32.2. The molecule has 0 bridgehead atoms. The van der Waals surface area contributed by atoms with Gasteiger partial charge in [-0.2, -0.15) is 0 Å². The van der Waals surface area contributed by atoms with Crippen LogP contribution in [-0.4, -0.2) is 38.9 Å². The van der Waals surface area contributed by atoms with Crippen LogP contribution in [0.25, 0.3) is 0 Å². The number of nitrogens with two attached hydrogens (primary N) is 1. The minimum Gasteiger partial charge on any atom is -0.399 e. The molecule has 0 aliphatic carbocycles. The van der Waals surface area contributed by atoms with Crippen LogP contribution in [0, 0.1) is 0 Å². The fourth-order valence-corrected chi connectivity index (χ4v) is 3.97. The van der Waals surface area contributed by atoms with E-state index >= 15 is 0 Å². The summed E-state index contributed by atoms with van der Waals surface area (Å²) in [5, 5.41) is 2.39. The van der Waals surface area contributed by atoms with Crippen molar-refractivity contribution in [2.75, 3.05) is 24.3 Å². The van der Waals surface area contributed by atoms with E-state index in [1.165, 1.54) is 25.7 Å². The summed E-state index contributed by atoms with van der Waals surface area (Å²) in [6.45, 7) is 1.50. The second-order valence-corrected chi connectivity index (χ2v) is 7.23. The van der Waals surface area contributed by atoms with Gasteiger partial charge in [-0.05, 0) is 31.2 Å². The number of hydrogen-bond donors (Lipinski definition) is 3. The molecule has 1 unspecified atom stereocenters. The van der Waals surface area contributed by atoms with Gasteiger partial charge in [-0.25, -0.2) is 13.1 Å². The SMILES string of the molecule is CNC(=O)C(C)NS(=O)(=O)CCSc1ccc(N)cc1. The number of thioether (sulfide) groups is 1. The Morgan fingerprint density at radius 3 is 2.50 bits per heavy atom. The van der Waals surface area contributed by atoms with E-state index < -0.39 is 16.1 Å². The molecule has 1 atom stereocenters. The highest BCUT2D eigenvalue weighted by Crippen LogP contribution is 2.19. The molecule has 0 aromatic heterocycles. The summed E-state index contributed by atoms with van der Waals surface area (Å²) < 4.78 is 25.9. The van der Waals surface area contributed by atoms with E-state index in [1.54, 1.807) is 12.1 Å². The van der Waals surface area contributed by atoms with Crippen LogP contribution < -0.4 is 15.8 Å². The fourth-order valence-electron chi connectivity index (χ4n) is 1.43. The molecule has 0 saturated carbocycles. The van der Waals surface area contributed by atoms with Crippen molar-refractivity contribution < 1.29 is 13.2 Å². The van der Waals surface area contributed by atoms with Gasteiger partial charge in [0.1, 0.15) is 0 Å². The van der Waals surface area contributed by atoms with E-state index in [0.29, 0.717) is 11.4 Å². The van der Waals surface area contributed by atoms with Gasteiger partial charge in [0.25, 0.3) is 0 Å². The monoisotopic (exact) mass is 317 g/mol. The van der Waals surface area contributed by atoms with Gasteiger partial charge in [0.05, 0.1) is 11.8 Å². The van der Waals surface area contributed by atoms with Crippen LogP contribution in [0.1, 0.15) is 6.92 Å². The Hall–Kier alpha value is -1.25. The van der Waals surface area contributed by atoms with Crippen molar-refractivity contribution in [3.63, 3.8) is 0 Å². The highest BCUT2D eigenvalue weighted by molar-refractivity contribution is 8.00. The minimum atomic E-state index is -3.47. The Kier molecular flexibility index (Phi) is 6.31. The zero-order valence-electron chi connectivity index (χ0n) is 11.4. The van der Waals surface area contributed by atoms with E-state index in [4.69, 9.17) is 5.73 Å². The van der Waals surface area contributed by atoms with Gasteiger partial charge in [-0.3, -0.25) is 4.79 Å². The molecule has 1 amide bonds. The molecule has 4 N–H and O–H groups in total. The number of amides is 1. The average Bonchev–Trinajstić information content (AvgIpc) is 2.39. The van der Waals surface area contributed by atoms with Crippen LogP contribution in [0.3, 0.4) is 0 Å². The third-order valence-corrected chi connectivity index (χ3v) is 5.22. The molecule has 1 aromatic carbocycles. The van der Waals surface area contributed by atoms with Gasteiger partial charge in [0, 0.05) is 23.4 Å². The summed E-state index contributed by atoms with van der Waals surface area (Å²) in [5.74, 6) is -0.0110. The first-order valence-electron chi connectivity index (χ1n) is 6.04. The lowest BCUT2D eigenvalue weighted by molar-refractivity contribution is -0.121. The van der Waals surface area contributed by atoms with Crippen LogP contribution in [0.2, 0.25) is 0 Å². The number of anilines is 1. The number of carbonyl (C=O) groups excluding carboxylic acids is 1. The molecule has 0 aliphatic rings. The van der Waals surface area contributed by atoms with E-state index in [1.807, 2.05) is 12.1 Å². The maximum Gasteiger partial charge on any atom is 0.237 e. The number of benzene rings is 1. The van der Waals surface area contributed by atoms with Crippen LogP contribution in [0.5, 0.6) is 0 Å². The van der Waals surface area contributed by atoms with E-state index in [-0.39, 0.29) is 11.7 Å². The smallest absolute Gasteiger partial charge is 0.237 e. The average molecular weight is 317 g/mol. The highest BCUT2D eigenvalue weighted by Gasteiger charge is 2.18. The van der Waals surface area contributed by atoms with Crippen LogP contribution >= 0.6 is 11.8 Å². The molecule has 0 fully saturated rings. The fraction of sp³-hybridized carbons (Fsp3) is 0.417. The number of carbonyl (C=O) groups is 1. The summed E-state index contributed by atoms with van der Waals surface area (Å²) in [5.41, 5.74) is 6.24. The van der Waals surface area contributed by atoms with Crippen molar-refractivity contribution in [1.29, 1.82) is 0 Å². The van der Waals surface area contributed by atoms with Crippen LogP contribution in [-0.2, 0) is 14.8 Å². The topological polar surface area (TPSA) is 101 Å². The largest absolute Gasteiger partial charge is 0.399 e. The van der Waals surface area contributed by atoms with Gasteiger partial charge in [0.2, 0.25) is 15.9 Å². The van der Waals surface area contributed by atoms with E-state index in [9.17, 15) is 13.2 Å². The first kappa shape index (κ1) is 16.8. The molecule has 0 aliphatic heterocycles. The number of likely N-dealkylation sites (N-methyl/N-ethyl adjacent to an activating group) is 1. The molecule has 1 aromatic rings. The Morgan fingerprint density at radius 1 is 1.35 bits per heavy atom. The lowest BCUT2D eigenvalue weighted by Crippen LogP contribution is -2.44. The molecule has 1 rings (SSSR count). The van der Waals surface area contributed by atoms with E-state index in [0.717, 1.165) is 4.90 Å². The Bertz CT molecular complexity index is 544. The normalized spacial score (nSPS) is 12.9. The maximum absolute atomic E-state index is 11.8. The predicted molar refractivity (Wildman–Crippen MR) is 82.0 cm³/mol. The van der Waals surface area contributed by atoms with Crippen LogP contribution in [0.15, 0.2) is 29.2 Å². The summed E-state index contributed by atoms with van der Waals surface area (Å²) in [7, 11) is -2.01. The Balaban J connectivity index is 2.43. The summed E-state index contributed by atoms with van der Waals surface area (Å²) in [6, 6.07) is 6.44. The number of rotatable bonds is 7. The molecule has 6 nitrogen and oxygen atoms in total. The lowest BCUT2D eigenvalue weighted by atomic mass is 10.3. The zero-order chi connectivity index (χ0) is 15.2. The maximum atomic E-state index is 11.8. The van der Waals surface area contributed by atoms with Gasteiger partial charge >= 0.3 is 0 Å². The van der Waals surface area contributed by atoms with Crippen molar-refractivity contribution in [3.8, 4) is 0 Å². The van der Waals surface area contributed by atoms with Crippen molar-refractivity contribution in [1.82, 2.24) is 10.0 Å². The number of sulfonamides is 1. The first-order valence-corrected chi connectivity index (χ1v) is 8.68. The number of nitrogens with one attached hydrogen (secondary N) is 2. The van der Waals surface area contributed by atoms with Crippen molar-refractivity contribution in [2.45, 2.75) is 17.9 Å². The molecule has 20 heavy (non-hydrogen) atoms. The molecular weight excluding hydrogens is 298 g/mol. The van der Waals surface area contributed by atoms with Crippen LogP contribution in [0.4, 0.5) is 5.69 Å². The lowest BCUT2D eigenvalue weighted by Gasteiger charge is -2.12. The zero-order valence-corrected chi connectivity index (χ0v) is 13.1. The van der Waals surface area contributed by atoms with Crippen molar-refractivity contribution in [2.24, 2.45) is 0 Å². The molecule has 0 spiro atoms. The predicted octanol–water partition coefficient (Wildman–Crippen LogP) is 0.415. The summed E-state index contributed by atoms with van der Waals surface area (Å²) in [4.78, 5) is 12.2. The number of nitrogen functional groups attached to an aromatic ring is 1. The first-order chi connectivity index (χ1) is 9.34. The van der Waals surface area contributed by atoms with Gasteiger partial charge in [-0.15, -0.1) is 11.8 Å². The minimum absolute atomic E-state index is 0.0522. The standard InChI is InChI=1S/C12H19N3O3S2/c1-9(12(16)14-2)15-20(17,18)8-7-19-11-5-3-10(13)4-6-11/h3-6,9,15H,7-8,13H2,1-2H3,(H,14,16). The van der Waals surface area contributed by atoms with Crippen molar-refractivity contribution in [3.05, 3.63) is 24.3 Å². The number of hydrogen-bond acceptors (Lipinski definition) is 5. The molecule has 8 heteroatoms. The quantitative estimate of drug-likeness (QED) is 0.499.